The molecular formula is C76H110F2N8O20. The molecule has 1 saturated heterocycles. The number of urea groups is 1. The minimum atomic E-state index is -2.43. The zero-order chi connectivity index (χ0) is 77.2. The number of ether oxygens (including phenoxy) is 9. The average molecular weight is 1490 g/mol. The zero-order valence-electron chi connectivity index (χ0n) is 62.5. The van der Waals surface area contributed by atoms with Crippen molar-refractivity contribution in [3.63, 3.8) is 0 Å². The van der Waals surface area contributed by atoms with E-state index in [0.717, 1.165) is 31.8 Å². The number of nitrogens with two attached hydrogens (primary N) is 1. The van der Waals surface area contributed by atoms with Crippen LogP contribution in [0.1, 0.15) is 151 Å². The van der Waals surface area contributed by atoms with Crippen LogP contribution in [-0.2, 0) is 82.8 Å². The minimum absolute atomic E-state index is 0.0406. The zero-order valence-corrected chi connectivity index (χ0v) is 62.5. The van der Waals surface area contributed by atoms with E-state index in [-0.39, 0.29) is 89.4 Å². The Balaban J connectivity index is 0.738. The summed E-state index contributed by atoms with van der Waals surface area (Å²) in [7, 11) is 0. The molecule has 0 bridgehead atoms. The lowest BCUT2D eigenvalue weighted by atomic mass is 9.44. The van der Waals surface area contributed by atoms with Crippen LogP contribution in [0.25, 0.3) is 0 Å². The van der Waals surface area contributed by atoms with Gasteiger partial charge in [-0.05, 0) is 149 Å². The van der Waals surface area contributed by atoms with Gasteiger partial charge in [0, 0.05) is 54.8 Å². The number of primary amides is 1. The van der Waals surface area contributed by atoms with Crippen LogP contribution in [0, 0.1) is 64.1 Å². The minimum Gasteiger partial charge on any atom is -0.456 e. The molecule has 1 heterocycles. The van der Waals surface area contributed by atoms with Gasteiger partial charge < -0.3 is 90.7 Å². The number of benzene rings is 1. The molecule has 10 N–H and O–H groups in total. The number of alkyl halides is 2. The largest absolute Gasteiger partial charge is 0.456 e. The first-order valence-electron chi connectivity index (χ1n) is 37.3. The quantitative estimate of drug-likeness (QED) is 0.0153. The van der Waals surface area contributed by atoms with Gasteiger partial charge in [-0.3, -0.25) is 28.8 Å². The molecule has 1 aromatic rings. The number of aliphatic hydroxyl groups excluding tert-OH is 1. The molecule has 0 spiro atoms. The van der Waals surface area contributed by atoms with E-state index in [4.69, 9.17) is 48.4 Å². The summed E-state index contributed by atoms with van der Waals surface area (Å²) in [5.41, 5.74) is -3.12. The SMILES string of the molecule is CCCC1O[C@@H]2C[C@H]3[C@@H]4C[C@H](F)C5=CC(=O)C=C[C@]5(C)[C@@]4(F)[C@@H](O)C[C@]3(C)[C@]2(C(=O)COC(=O)C(C)(C)NC(=O)[C@H](CC(C)C)NC(=O)OCc2ccc(NC(=O)[C@H](CCCNC(N)=O)NC(=O)[C@@H](NC(=O)CCOCCOCCOCCOCCNC(=O)OC[C@@H]3[C@@H]4CCC#CCC[C@@H]43)C(C)C)cc2)O1. The number of ketones is 2. The van der Waals surface area contributed by atoms with Crippen molar-refractivity contribution < 1.29 is 104 Å². The highest BCUT2D eigenvalue weighted by Gasteiger charge is 2.80. The second kappa shape index (κ2) is 37.9. The van der Waals surface area contributed by atoms with Gasteiger partial charge in [0.1, 0.15) is 36.4 Å². The summed E-state index contributed by atoms with van der Waals surface area (Å²) in [6.07, 6.45) is 1.57. The number of carbonyl (C=O) groups excluding carboxylic acids is 10. The predicted octanol–water partition coefficient (Wildman–Crippen LogP) is 6.18. The van der Waals surface area contributed by atoms with Gasteiger partial charge in [0.2, 0.25) is 29.4 Å². The summed E-state index contributed by atoms with van der Waals surface area (Å²) in [6, 6.07) is 2.02. The Labute approximate surface area is 619 Å². The fraction of sp³-hybridized carbons (Fsp3) is 0.711. The van der Waals surface area contributed by atoms with E-state index in [1.807, 2.05) is 20.8 Å². The summed E-state index contributed by atoms with van der Waals surface area (Å²) in [5, 5.41) is 30.6. The fourth-order valence-electron chi connectivity index (χ4n) is 16.2. The predicted molar refractivity (Wildman–Crippen MR) is 381 cm³/mol. The Morgan fingerprint density at radius 3 is 2.06 bits per heavy atom. The number of carbonyl (C=O) groups is 10. The Bertz CT molecular complexity index is 3380. The molecule has 7 aliphatic rings. The standard InChI is InChI=1S/C76H110F2N8O20/c1-10-16-63-105-61-40-53-54-39-56(77)55-38-49(87)24-26-73(55,8)75(54,78)59(88)41-74(53,9)76(61,106-63)60(89)44-102-68(94)72(6,7)86-66(92)58(37-45(2)3)84-71(97)103-42-47-20-22-48(23-21-47)82-65(91)57(19-15-27-80-69(79)95)83-67(93)64(46(4)5)85-62(90)25-29-98-31-33-100-35-36-101-34-32-99-30-28-81-70(96)104-43-52-50-17-13-11-12-14-18-51(50)52/h20-24,26,38,45-46,50-54,56-59,61,63-64,88H,10,13-19,25,27-37,39-44H2,1-9H3,(H,81,96)(H,82,91)(H,83,93)(H,84,97)(H,85,90)(H,86,92)(H3,79,80,95)/t50-,51+,52-,53-,54-,56-,57-,58-,59-,61+,63?,64-,73-,74-,75-,76+/m0/s1. The molecule has 1 aliphatic heterocycles. The highest BCUT2D eigenvalue weighted by atomic mass is 19.1. The van der Waals surface area contributed by atoms with Crippen LogP contribution in [0.3, 0.4) is 0 Å². The van der Waals surface area contributed by atoms with Gasteiger partial charge in [-0.2, -0.15) is 0 Å². The van der Waals surface area contributed by atoms with Crippen LogP contribution in [0.5, 0.6) is 0 Å². The van der Waals surface area contributed by atoms with Crippen molar-refractivity contribution in [3.8, 4) is 11.8 Å². The van der Waals surface area contributed by atoms with Crippen LogP contribution in [0.15, 0.2) is 48.1 Å². The topological polar surface area (TPSA) is 384 Å². The molecule has 1 aromatic carbocycles. The smallest absolute Gasteiger partial charge is 0.408 e. The van der Waals surface area contributed by atoms with E-state index in [1.54, 1.807) is 32.9 Å². The monoisotopic (exact) mass is 1490 g/mol. The molecule has 0 aromatic heterocycles. The number of alkyl carbamates (subject to hydrolysis) is 2. The second-order valence-corrected chi connectivity index (χ2v) is 30.4. The summed E-state index contributed by atoms with van der Waals surface area (Å²) in [6.45, 7) is 16.7. The first-order chi connectivity index (χ1) is 50.4. The van der Waals surface area contributed by atoms with Gasteiger partial charge in [0.15, 0.2) is 29.9 Å². The number of halogens is 2. The number of Topliss-reactive ketones (excluding diaryl/α,β-unsaturated/α-hetero) is 1. The highest BCUT2D eigenvalue weighted by molar-refractivity contribution is 6.02. The highest BCUT2D eigenvalue weighted by Crippen LogP contribution is 2.72. The summed E-state index contributed by atoms with van der Waals surface area (Å²) in [4.78, 5) is 133. The number of esters is 1. The second-order valence-electron chi connectivity index (χ2n) is 30.4. The first kappa shape index (κ1) is 84.0. The number of allylic oxidation sites excluding steroid dienone is 4. The normalized spacial score (nSPS) is 28.3. The van der Waals surface area contributed by atoms with E-state index < -0.39 is 154 Å². The van der Waals surface area contributed by atoms with Gasteiger partial charge in [-0.1, -0.05) is 66.2 Å². The van der Waals surface area contributed by atoms with E-state index in [9.17, 15) is 53.1 Å². The molecule has 0 radical (unpaired) electrons. The lowest BCUT2D eigenvalue weighted by Crippen LogP contribution is -2.71. The van der Waals surface area contributed by atoms with Crippen molar-refractivity contribution in [2.75, 3.05) is 84.5 Å². The molecule has 8 rings (SSSR count). The third-order valence-corrected chi connectivity index (χ3v) is 21.8. The molecule has 8 amide bonds. The van der Waals surface area contributed by atoms with E-state index in [1.165, 1.54) is 45.1 Å². The van der Waals surface area contributed by atoms with Crippen molar-refractivity contribution in [2.24, 2.45) is 58.0 Å². The third-order valence-electron chi connectivity index (χ3n) is 21.8. The van der Waals surface area contributed by atoms with Crippen LogP contribution < -0.4 is 43.0 Å². The lowest BCUT2D eigenvalue weighted by Gasteiger charge is -2.63. The Morgan fingerprint density at radius 2 is 1.42 bits per heavy atom. The molecule has 4 saturated carbocycles. The summed E-state index contributed by atoms with van der Waals surface area (Å²) >= 11 is 0. The van der Waals surface area contributed by atoms with Crippen molar-refractivity contribution in [1.29, 1.82) is 0 Å². The number of fused-ring (bicyclic) bond motifs is 8. The maximum Gasteiger partial charge on any atom is 0.408 e. The maximum atomic E-state index is 18.0. The van der Waals surface area contributed by atoms with Crippen molar-refractivity contribution >= 4 is 65.1 Å². The number of anilines is 1. The molecule has 106 heavy (non-hydrogen) atoms. The van der Waals surface area contributed by atoms with E-state index >= 15 is 8.78 Å². The van der Waals surface area contributed by atoms with Gasteiger partial charge >= 0.3 is 24.2 Å². The summed E-state index contributed by atoms with van der Waals surface area (Å²) in [5.74, 6) is 0.840. The maximum absolute atomic E-state index is 18.0. The molecule has 16 atom stereocenters. The van der Waals surface area contributed by atoms with Gasteiger partial charge in [0.05, 0.1) is 71.7 Å². The van der Waals surface area contributed by atoms with Crippen molar-refractivity contribution in [3.05, 3.63) is 53.6 Å². The van der Waals surface area contributed by atoms with Crippen LogP contribution in [0.2, 0.25) is 0 Å². The van der Waals surface area contributed by atoms with Gasteiger partial charge in [-0.15, -0.1) is 11.8 Å². The Hall–Kier alpha value is -7.66. The van der Waals surface area contributed by atoms with Gasteiger partial charge in [0.25, 0.3) is 0 Å². The number of hydrogen-bond donors (Lipinski definition) is 9. The van der Waals surface area contributed by atoms with Crippen molar-refractivity contribution in [2.45, 2.75) is 212 Å². The van der Waals surface area contributed by atoms with Gasteiger partial charge in [-0.25, -0.2) is 28.0 Å². The van der Waals surface area contributed by atoms with Crippen LogP contribution in [-0.4, -0.2) is 203 Å². The Kier molecular flexibility index (Phi) is 30.0. The first-order valence-corrected chi connectivity index (χ1v) is 37.3. The number of amides is 8. The average Bonchev–Trinajstić information content (AvgIpc) is 1.43. The Morgan fingerprint density at radius 1 is 0.774 bits per heavy atom. The van der Waals surface area contributed by atoms with Crippen LogP contribution in [0.4, 0.5) is 28.9 Å². The number of nitrogens with one attached hydrogen (secondary N) is 7. The third kappa shape index (κ3) is 20.8. The molecule has 28 nitrogen and oxygen atoms in total. The molecule has 6 aliphatic carbocycles. The lowest BCUT2D eigenvalue weighted by molar-refractivity contribution is -0.235. The number of aliphatic hydroxyl groups is 1. The van der Waals surface area contributed by atoms with Crippen molar-refractivity contribution in [1.82, 2.24) is 31.9 Å². The fourth-order valence-corrected chi connectivity index (χ4v) is 16.2. The summed E-state index contributed by atoms with van der Waals surface area (Å²) < 4.78 is 86.1. The number of rotatable bonds is 40. The number of hydrogen-bond acceptors (Lipinski definition) is 20. The molecule has 30 heteroatoms. The molecule has 5 fully saturated rings. The van der Waals surface area contributed by atoms with E-state index in [2.05, 4.69) is 49.1 Å². The van der Waals surface area contributed by atoms with E-state index in [0.29, 0.717) is 88.0 Å². The molecule has 1 unspecified atom stereocenters. The molecular weight excluding hydrogens is 1380 g/mol. The van der Waals surface area contributed by atoms with Crippen LogP contribution >= 0.6 is 0 Å². The molecule has 588 valence electrons.